The van der Waals surface area contributed by atoms with Crippen LogP contribution < -0.4 is 5.56 Å². The largest absolute Gasteiger partial charge is 0.333 e. The second kappa shape index (κ2) is 4.49. The van der Waals surface area contributed by atoms with Crippen molar-refractivity contribution >= 4 is 11.6 Å². The molecule has 0 aromatic carbocycles. The number of aromatic nitrogens is 4. The molecule has 0 radical (unpaired) electrons. The van der Waals surface area contributed by atoms with Crippen LogP contribution in [0.4, 0.5) is 0 Å². The summed E-state index contributed by atoms with van der Waals surface area (Å²) >= 11 is 5.64. The van der Waals surface area contributed by atoms with Crippen molar-refractivity contribution < 1.29 is 0 Å². The van der Waals surface area contributed by atoms with Crippen LogP contribution in [0.15, 0.2) is 29.6 Å². The highest BCUT2D eigenvalue weighted by molar-refractivity contribution is 6.29. The Labute approximate surface area is 97.3 Å². The van der Waals surface area contributed by atoms with Crippen LogP contribution in [0.3, 0.4) is 0 Å². The number of nitrogens with zero attached hydrogens (tertiary/aromatic N) is 4. The predicted octanol–water partition coefficient (Wildman–Crippen LogP) is 1.10. The number of imidazole rings is 1. The van der Waals surface area contributed by atoms with E-state index in [9.17, 15) is 4.79 Å². The summed E-state index contributed by atoms with van der Waals surface area (Å²) in [6.45, 7) is 3.16. The highest BCUT2D eigenvalue weighted by Crippen LogP contribution is 1.97. The van der Waals surface area contributed by atoms with Gasteiger partial charge in [-0.25, -0.2) is 9.97 Å². The summed E-state index contributed by atoms with van der Waals surface area (Å²) < 4.78 is 3.51. The molecule has 0 aliphatic carbocycles. The Morgan fingerprint density at radius 2 is 1.81 bits per heavy atom. The summed E-state index contributed by atoms with van der Waals surface area (Å²) in [4.78, 5) is 19.4. The molecule has 2 aromatic heterocycles. The van der Waals surface area contributed by atoms with Crippen LogP contribution in [-0.4, -0.2) is 19.1 Å². The summed E-state index contributed by atoms with van der Waals surface area (Å²) in [5.41, 5.74) is -0.262. The molecular formula is C10H11ClN4O. The molecule has 0 saturated carbocycles. The van der Waals surface area contributed by atoms with Gasteiger partial charge in [0.15, 0.2) is 5.15 Å². The van der Waals surface area contributed by atoms with Crippen LogP contribution in [0.25, 0.3) is 0 Å². The third kappa shape index (κ3) is 2.14. The molecule has 0 aliphatic heterocycles. The van der Waals surface area contributed by atoms with Gasteiger partial charge in [0.25, 0.3) is 5.56 Å². The van der Waals surface area contributed by atoms with Gasteiger partial charge in [-0.05, 0) is 6.92 Å². The number of aryl methyl sites for hydroxylation is 3. The predicted molar refractivity (Wildman–Crippen MR) is 60.5 cm³/mol. The van der Waals surface area contributed by atoms with Gasteiger partial charge in [0.05, 0.1) is 0 Å². The van der Waals surface area contributed by atoms with E-state index in [4.69, 9.17) is 11.6 Å². The average Bonchev–Trinajstić information content (AvgIpc) is 2.67. The minimum atomic E-state index is -0.262. The molecule has 16 heavy (non-hydrogen) atoms. The van der Waals surface area contributed by atoms with Gasteiger partial charge in [-0.15, -0.1) is 0 Å². The molecule has 2 aromatic rings. The summed E-state index contributed by atoms with van der Waals surface area (Å²) in [6.07, 6.45) is 6.76. The summed E-state index contributed by atoms with van der Waals surface area (Å²) in [6, 6.07) is 0. The van der Waals surface area contributed by atoms with E-state index in [1.165, 1.54) is 10.8 Å². The first-order valence-corrected chi connectivity index (χ1v) is 5.25. The molecular weight excluding hydrogens is 228 g/mol. The fourth-order valence-electron chi connectivity index (χ4n) is 1.45. The summed E-state index contributed by atoms with van der Waals surface area (Å²) in [5, 5.41) is 0.00449. The van der Waals surface area contributed by atoms with Crippen molar-refractivity contribution in [2.75, 3.05) is 0 Å². The number of rotatable bonds is 3. The number of hydrogen-bond donors (Lipinski definition) is 0. The van der Waals surface area contributed by atoms with Crippen LogP contribution >= 0.6 is 11.6 Å². The average molecular weight is 239 g/mol. The minimum absolute atomic E-state index is 0.00449. The minimum Gasteiger partial charge on any atom is -0.333 e. The maximum absolute atomic E-state index is 11.6. The molecule has 0 fully saturated rings. The Morgan fingerprint density at radius 3 is 2.50 bits per heavy atom. The molecule has 6 heteroatoms. The standard InChI is InChI=1S/C10H11ClN4O/c1-8-12-2-4-14(8)6-7-15-5-3-13-9(11)10(15)16/h2-5H,6-7H2,1H3. The lowest BCUT2D eigenvalue weighted by Crippen LogP contribution is -2.23. The van der Waals surface area contributed by atoms with Crippen LogP contribution in [-0.2, 0) is 13.1 Å². The lowest BCUT2D eigenvalue weighted by Gasteiger charge is -2.07. The quantitative estimate of drug-likeness (QED) is 0.805. The SMILES string of the molecule is Cc1nccn1CCn1ccnc(Cl)c1=O. The molecule has 0 unspecified atom stereocenters. The highest BCUT2D eigenvalue weighted by Gasteiger charge is 2.02. The maximum atomic E-state index is 11.6. The van der Waals surface area contributed by atoms with E-state index >= 15 is 0 Å². The second-order valence-electron chi connectivity index (χ2n) is 3.38. The number of hydrogen-bond acceptors (Lipinski definition) is 3. The van der Waals surface area contributed by atoms with Gasteiger partial charge in [-0.2, -0.15) is 0 Å². The molecule has 0 amide bonds. The Bertz CT molecular complexity index is 546. The lowest BCUT2D eigenvalue weighted by atomic mass is 10.5. The molecule has 0 spiro atoms. The van der Waals surface area contributed by atoms with Crippen molar-refractivity contribution in [3.8, 4) is 0 Å². The van der Waals surface area contributed by atoms with Crippen LogP contribution in [0.5, 0.6) is 0 Å². The topological polar surface area (TPSA) is 52.7 Å². The van der Waals surface area contributed by atoms with Gasteiger partial charge in [0.1, 0.15) is 5.82 Å². The van der Waals surface area contributed by atoms with E-state index in [1.807, 2.05) is 17.7 Å². The van der Waals surface area contributed by atoms with Crippen LogP contribution in [0.2, 0.25) is 5.15 Å². The van der Waals surface area contributed by atoms with Gasteiger partial charge in [-0.1, -0.05) is 11.6 Å². The van der Waals surface area contributed by atoms with Crippen molar-refractivity contribution in [3.63, 3.8) is 0 Å². The molecule has 0 atom stereocenters. The molecule has 0 saturated heterocycles. The molecule has 2 heterocycles. The van der Waals surface area contributed by atoms with E-state index < -0.39 is 0 Å². The van der Waals surface area contributed by atoms with Crippen molar-refractivity contribution in [3.05, 3.63) is 46.1 Å². The van der Waals surface area contributed by atoms with Crippen LogP contribution in [0.1, 0.15) is 5.82 Å². The maximum Gasteiger partial charge on any atom is 0.288 e. The van der Waals surface area contributed by atoms with Crippen molar-refractivity contribution in [1.82, 2.24) is 19.1 Å². The van der Waals surface area contributed by atoms with E-state index in [1.54, 1.807) is 12.4 Å². The van der Waals surface area contributed by atoms with Crippen molar-refractivity contribution in [1.29, 1.82) is 0 Å². The summed E-state index contributed by atoms with van der Waals surface area (Å²) in [5.74, 6) is 0.924. The normalized spacial score (nSPS) is 10.6. The smallest absolute Gasteiger partial charge is 0.288 e. The first-order valence-electron chi connectivity index (χ1n) is 4.87. The van der Waals surface area contributed by atoms with Gasteiger partial charge in [0.2, 0.25) is 0 Å². The lowest BCUT2D eigenvalue weighted by molar-refractivity contribution is 0.553. The van der Waals surface area contributed by atoms with Crippen LogP contribution in [0, 0.1) is 6.92 Å². The Hall–Kier alpha value is -1.62. The monoisotopic (exact) mass is 238 g/mol. The summed E-state index contributed by atoms with van der Waals surface area (Å²) in [7, 11) is 0. The fraction of sp³-hybridized carbons (Fsp3) is 0.300. The Balaban J connectivity index is 2.14. The van der Waals surface area contributed by atoms with Gasteiger partial charge < -0.3 is 9.13 Å². The third-order valence-electron chi connectivity index (χ3n) is 2.38. The van der Waals surface area contributed by atoms with Crippen molar-refractivity contribution in [2.45, 2.75) is 20.0 Å². The zero-order valence-electron chi connectivity index (χ0n) is 8.80. The zero-order valence-corrected chi connectivity index (χ0v) is 9.55. The van der Waals surface area contributed by atoms with E-state index in [0.29, 0.717) is 13.1 Å². The molecule has 5 nitrogen and oxygen atoms in total. The Kier molecular flexibility index (Phi) is 3.05. The van der Waals surface area contributed by atoms with E-state index in [0.717, 1.165) is 5.82 Å². The Morgan fingerprint density at radius 1 is 1.19 bits per heavy atom. The van der Waals surface area contributed by atoms with Crippen molar-refractivity contribution in [2.24, 2.45) is 0 Å². The first-order chi connectivity index (χ1) is 7.68. The van der Waals surface area contributed by atoms with Gasteiger partial charge in [0, 0.05) is 37.9 Å². The van der Waals surface area contributed by atoms with E-state index in [-0.39, 0.29) is 10.7 Å². The van der Waals surface area contributed by atoms with Gasteiger partial charge >= 0.3 is 0 Å². The molecule has 84 valence electrons. The molecule has 2 rings (SSSR count). The molecule has 0 aliphatic rings. The van der Waals surface area contributed by atoms with E-state index in [2.05, 4.69) is 9.97 Å². The molecule has 0 bridgehead atoms. The zero-order chi connectivity index (χ0) is 11.5. The number of halogens is 1. The molecule has 0 N–H and O–H groups in total. The fourth-order valence-corrected chi connectivity index (χ4v) is 1.62. The highest BCUT2D eigenvalue weighted by atomic mass is 35.5. The third-order valence-corrected chi connectivity index (χ3v) is 2.64. The first kappa shape index (κ1) is 10.9. The second-order valence-corrected chi connectivity index (χ2v) is 3.74. The van der Waals surface area contributed by atoms with Gasteiger partial charge in [-0.3, -0.25) is 4.79 Å².